The molecule has 0 bridgehead atoms. The number of hydrogen-bond acceptors (Lipinski definition) is 3. The molecule has 17 heavy (non-hydrogen) atoms. The lowest BCUT2D eigenvalue weighted by molar-refractivity contribution is -0.143. The van der Waals surface area contributed by atoms with Gasteiger partial charge in [-0.05, 0) is 37.1 Å². The zero-order valence-corrected chi connectivity index (χ0v) is 10.7. The van der Waals surface area contributed by atoms with Gasteiger partial charge in [-0.3, -0.25) is 4.79 Å². The zero-order valence-electron chi connectivity index (χ0n) is 9.90. The van der Waals surface area contributed by atoms with E-state index in [0.717, 1.165) is 5.56 Å². The van der Waals surface area contributed by atoms with Gasteiger partial charge < -0.3 is 10.5 Å². The minimum absolute atomic E-state index is 0. The van der Waals surface area contributed by atoms with Crippen LogP contribution in [0.3, 0.4) is 0 Å². The van der Waals surface area contributed by atoms with Gasteiger partial charge in [0.25, 0.3) is 0 Å². The summed E-state index contributed by atoms with van der Waals surface area (Å²) >= 11 is 0. The molecule has 96 valence electrons. The lowest BCUT2D eigenvalue weighted by atomic mass is 9.99. The van der Waals surface area contributed by atoms with Crippen LogP contribution in [0.2, 0.25) is 0 Å². The van der Waals surface area contributed by atoms with Crippen LogP contribution in [0.25, 0.3) is 0 Å². The summed E-state index contributed by atoms with van der Waals surface area (Å²) in [5.41, 5.74) is 7.35. The number of aryl methyl sites for hydroxylation is 1. The van der Waals surface area contributed by atoms with Gasteiger partial charge >= 0.3 is 5.97 Å². The maximum Gasteiger partial charge on any atom is 0.307 e. The second-order valence-electron chi connectivity index (χ2n) is 3.62. The fraction of sp³-hybridized carbons (Fsp3) is 0.417. The summed E-state index contributed by atoms with van der Waals surface area (Å²) in [6.45, 7) is 3.89. The molecule has 1 aromatic carbocycles. The van der Waals surface area contributed by atoms with Crippen molar-refractivity contribution in [2.45, 2.75) is 26.3 Å². The lowest BCUT2D eigenvalue weighted by Gasteiger charge is -2.13. The molecule has 0 aliphatic heterocycles. The van der Waals surface area contributed by atoms with E-state index in [4.69, 9.17) is 10.5 Å². The van der Waals surface area contributed by atoms with E-state index < -0.39 is 6.04 Å². The number of benzene rings is 1. The van der Waals surface area contributed by atoms with Gasteiger partial charge in [0.2, 0.25) is 0 Å². The Balaban J connectivity index is 0.00000256. The maximum absolute atomic E-state index is 13.0. The van der Waals surface area contributed by atoms with Crippen LogP contribution in [0.4, 0.5) is 4.39 Å². The van der Waals surface area contributed by atoms with E-state index in [0.29, 0.717) is 12.2 Å². The molecule has 0 heterocycles. The molecule has 0 aliphatic rings. The first-order valence-corrected chi connectivity index (χ1v) is 5.21. The van der Waals surface area contributed by atoms with E-state index in [-0.39, 0.29) is 30.6 Å². The fourth-order valence-electron chi connectivity index (χ4n) is 1.52. The molecule has 0 aliphatic carbocycles. The molecule has 0 saturated carbocycles. The van der Waals surface area contributed by atoms with Crippen molar-refractivity contribution in [3.63, 3.8) is 0 Å². The largest absolute Gasteiger partial charge is 0.466 e. The SMILES string of the molecule is CCOC(=O)C[C@@H](N)c1cc(F)ccc1C.Cl. The standard InChI is InChI=1S/C12H16FNO2.ClH/c1-3-16-12(15)7-11(14)10-6-9(13)5-4-8(10)2;/h4-6,11H,3,7,14H2,1-2H3;1H/t11-;/m1./s1. The van der Waals surface area contributed by atoms with Crippen LogP contribution in [0, 0.1) is 12.7 Å². The molecule has 3 nitrogen and oxygen atoms in total. The van der Waals surface area contributed by atoms with E-state index in [2.05, 4.69) is 0 Å². The molecule has 0 saturated heterocycles. The predicted octanol–water partition coefficient (Wildman–Crippen LogP) is 2.51. The number of nitrogens with two attached hydrogens (primary N) is 1. The number of ether oxygens (including phenoxy) is 1. The number of carbonyl (C=O) groups excluding carboxylic acids is 1. The average molecular weight is 262 g/mol. The Morgan fingerprint density at radius 1 is 1.53 bits per heavy atom. The van der Waals surface area contributed by atoms with Crippen LogP contribution < -0.4 is 5.73 Å². The fourth-order valence-corrected chi connectivity index (χ4v) is 1.52. The number of halogens is 2. The van der Waals surface area contributed by atoms with Gasteiger partial charge in [0.05, 0.1) is 13.0 Å². The Hall–Kier alpha value is -1.13. The van der Waals surface area contributed by atoms with E-state index in [1.54, 1.807) is 13.0 Å². The average Bonchev–Trinajstić information content (AvgIpc) is 2.21. The van der Waals surface area contributed by atoms with Crippen molar-refractivity contribution >= 4 is 18.4 Å². The third-order valence-electron chi connectivity index (χ3n) is 2.33. The highest BCUT2D eigenvalue weighted by atomic mass is 35.5. The smallest absolute Gasteiger partial charge is 0.307 e. The Morgan fingerprint density at radius 3 is 2.76 bits per heavy atom. The van der Waals surface area contributed by atoms with Crippen LogP contribution in [0.1, 0.15) is 30.5 Å². The van der Waals surface area contributed by atoms with Crippen LogP contribution in [-0.4, -0.2) is 12.6 Å². The molecule has 1 aromatic rings. The Labute approximate surface area is 107 Å². The molecule has 0 aromatic heterocycles. The summed E-state index contributed by atoms with van der Waals surface area (Å²) in [7, 11) is 0. The molecule has 5 heteroatoms. The predicted molar refractivity (Wildman–Crippen MR) is 66.6 cm³/mol. The van der Waals surface area contributed by atoms with Crippen molar-refractivity contribution < 1.29 is 13.9 Å². The van der Waals surface area contributed by atoms with E-state index in [1.165, 1.54) is 12.1 Å². The van der Waals surface area contributed by atoms with Crippen LogP contribution in [-0.2, 0) is 9.53 Å². The normalized spacial score (nSPS) is 11.5. The quantitative estimate of drug-likeness (QED) is 0.848. The summed E-state index contributed by atoms with van der Waals surface area (Å²) in [6.07, 6.45) is 0.0676. The van der Waals surface area contributed by atoms with Gasteiger partial charge in [-0.15, -0.1) is 12.4 Å². The summed E-state index contributed by atoms with van der Waals surface area (Å²) in [6, 6.07) is 3.86. The number of carbonyl (C=O) groups is 1. The topological polar surface area (TPSA) is 52.3 Å². The summed E-state index contributed by atoms with van der Waals surface area (Å²) < 4.78 is 17.8. The lowest BCUT2D eigenvalue weighted by Crippen LogP contribution is -2.18. The number of esters is 1. The Morgan fingerprint density at radius 2 is 2.18 bits per heavy atom. The first-order valence-electron chi connectivity index (χ1n) is 5.21. The summed E-state index contributed by atoms with van der Waals surface area (Å²) in [5.74, 6) is -0.710. The molecular weight excluding hydrogens is 245 g/mol. The van der Waals surface area contributed by atoms with Gasteiger partial charge in [0, 0.05) is 6.04 Å². The van der Waals surface area contributed by atoms with Gasteiger partial charge in [-0.25, -0.2) is 4.39 Å². The van der Waals surface area contributed by atoms with Crippen molar-refractivity contribution in [1.82, 2.24) is 0 Å². The van der Waals surface area contributed by atoms with Gasteiger partial charge in [-0.1, -0.05) is 6.07 Å². The minimum Gasteiger partial charge on any atom is -0.466 e. The molecule has 0 unspecified atom stereocenters. The Kier molecular flexibility index (Phi) is 6.76. The first kappa shape index (κ1) is 15.9. The summed E-state index contributed by atoms with van der Waals surface area (Å²) in [4.78, 5) is 11.2. The molecule has 1 atom stereocenters. The molecule has 2 N–H and O–H groups in total. The molecule has 1 rings (SSSR count). The van der Waals surface area contributed by atoms with Crippen LogP contribution >= 0.6 is 12.4 Å². The number of rotatable bonds is 4. The van der Waals surface area contributed by atoms with Crippen LogP contribution in [0.5, 0.6) is 0 Å². The monoisotopic (exact) mass is 261 g/mol. The molecule has 0 fully saturated rings. The highest BCUT2D eigenvalue weighted by molar-refractivity contribution is 5.85. The van der Waals surface area contributed by atoms with Crippen molar-refractivity contribution in [1.29, 1.82) is 0 Å². The maximum atomic E-state index is 13.0. The first-order chi connectivity index (χ1) is 7.54. The Bertz CT molecular complexity index is 385. The van der Waals surface area contributed by atoms with Crippen molar-refractivity contribution in [2.75, 3.05) is 6.61 Å². The van der Waals surface area contributed by atoms with E-state index in [1.807, 2.05) is 6.92 Å². The van der Waals surface area contributed by atoms with Crippen molar-refractivity contribution in [2.24, 2.45) is 5.73 Å². The van der Waals surface area contributed by atoms with Crippen LogP contribution in [0.15, 0.2) is 18.2 Å². The summed E-state index contributed by atoms with van der Waals surface area (Å²) in [5, 5.41) is 0. The highest BCUT2D eigenvalue weighted by Crippen LogP contribution is 2.20. The van der Waals surface area contributed by atoms with E-state index in [9.17, 15) is 9.18 Å². The molecule has 0 spiro atoms. The number of hydrogen-bond donors (Lipinski definition) is 1. The molecule has 0 amide bonds. The zero-order chi connectivity index (χ0) is 12.1. The minimum atomic E-state index is -0.519. The van der Waals surface area contributed by atoms with Gasteiger partial charge in [0.1, 0.15) is 5.82 Å². The highest BCUT2D eigenvalue weighted by Gasteiger charge is 2.14. The third kappa shape index (κ3) is 4.71. The molecule has 0 radical (unpaired) electrons. The third-order valence-corrected chi connectivity index (χ3v) is 2.33. The molecular formula is C12H17ClFNO2. The van der Waals surface area contributed by atoms with E-state index >= 15 is 0 Å². The van der Waals surface area contributed by atoms with Crippen molar-refractivity contribution in [3.05, 3.63) is 35.1 Å². The second kappa shape index (κ2) is 7.25. The van der Waals surface area contributed by atoms with Gasteiger partial charge in [0.15, 0.2) is 0 Å². The van der Waals surface area contributed by atoms with Crippen molar-refractivity contribution in [3.8, 4) is 0 Å². The second-order valence-corrected chi connectivity index (χ2v) is 3.62. The van der Waals surface area contributed by atoms with Gasteiger partial charge in [-0.2, -0.15) is 0 Å².